The van der Waals surface area contributed by atoms with Crippen molar-refractivity contribution < 1.29 is 9.53 Å². The second kappa shape index (κ2) is 6.90. The quantitative estimate of drug-likeness (QED) is 0.886. The molecule has 0 aromatic heterocycles. The number of para-hydroxylation sites is 2. The SMILES string of the molecule is CC(C)Oc1ccccc1NC(=O)[C@H](N)c1ccccc1. The van der Waals surface area contributed by atoms with Crippen molar-refractivity contribution in [2.45, 2.75) is 26.0 Å². The Labute approximate surface area is 124 Å². The zero-order chi connectivity index (χ0) is 15.2. The molecule has 0 spiro atoms. The number of nitrogens with two attached hydrogens (primary N) is 1. The summed E-state index contributed by atoms with van der Waals surface area (Å²) in [6.07, 6.45) is 0.0332. The molecule has 0 saturated heterocycles. The van der Waals surface area contributed by atoms with Crippen molar-refractivity contribution in [2.75, 3.05) is 5.32 Å². The van der Waals surface area contributed by atoms with E-state index in [9.17, 15) is 4.79 Å². The maximum atomic E-state index is 12.3. The van der Waals surface area contributed by atoms with Gasteiger partial charge in [-0.05, 0) is 31.5 Å². The molecule has 0 aliphatic heterocycles. The first kappa shape index (κ1) is 15.1. The molecule has 1 amide bonds. The minimum atomic E-state index is -0.710. The third-order valence-corrected chi connectivity index (χ3v) is 2.95. The molecule has 4 heteroatoms. The number of ether oxygens (including phenoxy) is 1. The van der Waals surface area contributed by atoms with Gasteiger partial charge in [-0.3, -0.25) is 4.79 Å². The second-order valence-electron chi connectivity index (χ2n) is 5.04. The van der Waals surface area contributed by atoms with E-state index in [4.69, 9.17) is 10.5 Å². The summed E-state index contributed by atoms with van der Waals surface area (Å²) >= 11 is 0. The van der Waals surface area contributed by atoms with Gasteiger partial charge in [0.15, 0.2) is 0 Å². The molecule has 1 atom stereocenters. The van der Waals surface area contributed by atoms with Gasteiger partial charge in [0.05, 0.1) is 11.8 Å². The van der Waals surface area contributed by atoms with Gasteiger partial charge in [-0.15, -0.1) is 0 Å². The van der Waals surface area contributed by atoms with Crippen LogP contribution in [-0.4, -0.2) is 12.0 Å². The van der Waals surface area contributed by atoms with Crippen LogP contribution in [0, 0.1) is 0 Å². The number of anilines is 1. The van der Waals surface area contributed by atoms with Crippen molar-refractivity contribution in [3.63, 3.8) is 0 Å². The van der Waals surface area contributed by atoms with Gasteiger partial charge in [-0.25, -0.2) is 0 Å². The van der Waals surface area contributed by atoms with Gasteiger partial charge in [0.25, 0.3) is 0 Å². The summed E-state index contributed by atoms with van der Waals surface area (Å²) in [5.74, 6) is 0.377. The van der Waals surface area contributed by atoms with Crippen molar-refractivity contribution in [1.82, 2.24) is 0 Å². The molecule has 0 aliphatic carbocycles. The number of hydrogen-bond donors (Lipinski definition) is 2. The summed E-state index contributed by atoms with van der Waals surface area (Å²) in [5, 5.41) is 2.83. The largest absolute Gasteiger partial charge is 0.489 e. The molecule has 0 radical (unpaired) electrons. The Kier molecular flexibility index (Phi) is 4.95. The Balaban J connectivity index is 2.13. The normalized spacial score (nSPS) is 12.0. The van der Waals surface area contributed by atoms with Gasteiger partial charge in [-0.2, -0.15) is 0 Å². The summed E-state index contributed by atoms with van der Waals surface area (Å²) in [6, 6.07) is 15.9. The third kappa shape index (κ3) is 4.07. The van der Waals surface area contributed by atoms with Gasteiger partial charge in [0, 0.05) is 0 Å². The summed E-state index contributed by atoms with van der Waals surface area (Å²) in [7, 11) is 0. The van der Waals surface area contributed by atoms with Crippen molar-refractivity contribution in [1.29, 1.82) is 0 Å². The van der Waals surface area contributed by atoms with E-state index >= 15 is 0 Å². The molecule has 2 aromatic carbocycles. The zero-order valence-corrected chi connectivity index (χ0v) is 12.2. The number of rotatable bonds is 5. The number of carbonyl (C=O) groups excluding carboxylic acids is 1. The van der Waals surface area contributed by atoms with E-state index in [1.165, 1.54) is 0 Å². The molecule has 4 nitrogen and oxygen atoms in total. The average Bonchev–Trinajstić information content (AvgIpc) is 2.49. The zero-order valence-electron chi connectivity index (χ0n) is 12.2. The summed E-state index contributed by atoms with van der Waals surface area (Å²) in [5.41, 5.74) is 7.39. The molecule has 0 aliphatic rings. The standard InChI is InChI=1S/C17H20N2O2/c1-12(2)21-15-11-7-6-10-14(15)19-17(20)16(18)13-8-4-3-5-9-13/h3-12,16H,18H2,1-2H3,(H,19,20)/t16-/m1/s1. The van der Waals surface area contributed by atoms with Crippen molar-refractivity contribution in [3.8, 4) is 5.75 Å². The first-order valence-corrected chi connectivity index (χ1v) is 6.95. The topological polar surface area (TPSA) is 64.3 Å². The Bertz CT molecular complexity index is 597. The smallest absolute Gasteiger partial charge is 0.245 e. The lowest BCUT2D eigenvalue weighted by atomic mass is 10.1. The van der Waals surface area contributed by atoms with E-state index in [1.54, 1.807) is 6.07 Å². The van der Waals surface area contributed by atoms with Crippen LogP contribution >= 0.6 is 0 Å². The van der Waals surface area contributed by atoms with E-state index < -0.39 is 6.04 Å². The highest BCUT2D eigenvalue weighted by atomic mass is 16.5. The first-order valence-electron chi connectivity index (χ1n) is 6.95. The highest BCUT2D eigenvalue weighted by molar-refractivity contribution is 5.96. The molecule has 2 aromatic rings. The molecule has 110 valence electrons. The number of amides is 1. The van der Waals surface area contributed by atoms with Crippen LogP contribution in [0.2, 0.25) is 0 Å². The van der Waals surface area contributed by atoms with Gasteiger partial charge >= 0.3 is 0 Å². The molecular formula is C17H20N2O2. The monoisotopic (exact) mass is 284 g/mol. The van der Waals surface area contributed by atoms with Crippen molar-refractivity contribution in [2.24, 2.45) is 5.73 Å². The van der Waals surface area contributed by atoms with Crippen LogP contribution in [-0.2, 0) is 4.79 Å². The summed E-state index contributed by atoms with van der Waals surface area (Å²) < 4.78 is 5.68. The first-order chi connectivity index (χ1) is 10.1. The lowest BCUT2D eigenvalue weighted by Gasteiger charge is -2.17. The molecule has 0 fully saturated rings. The van der Waals surface area contributed by atoms with Gasteiger partial charge in [0.1, 0.15) is 11.8 Å². The van der Waals surface area contributed by atoms with Crippen LogP contribution in [0.1, 0.15) is 25.5 Å². The molecule has 0 unspecified atom stereocenters. The Morgan fingerprint density at radius 2 is 1.67 bits per heavy atom. The van der Waals surface area contributed by atoms with E-state index in [2.05, 4.69) is 5.32 Å². The lowest BCUT2D eigenvalue weighted by Crippen LogP contribution is -2.28. The number of carbonyl (C=O) groups is 1. The van der Waals surface area contributed by atoms with Crippen LogP contribution in [0.4, 0.5) is 5.69 Å². The van der Waals surface area contributed by atoms with E-state index in [-0.39, 0.29) is 12.0 Å². The minimum Gasteiger partial charge on any atom is -0.489 e. The maximum absolute atomic E-state index is 12.3. The Hall–Kier alpha value is -2.33. The predicted molar refractivity (Wildman–Crippen MR) is 84.2 cm³/mol. The van der Waals surface area contributed by atoms with E-state index in [0.29, 0.717) is 11.4 Å². The van der Waals surface area contributed by atoms with E-state index in [1.807, 2.05) is 62.4 Å². The van der Waals surface area contributed by atoms with Crippen molar-refractivity contribution in [3.05, 3.63) is 60.2 Å². The Morgan fingerprint density at radius 1 is 1.05 bits per heavy atom. The molecular weight excluding hydrogens is 264 g/mol. The number of benzene rings is 2. The molecule has 0 bridgehead atoms. The average molecular weight is 284 g/mol. The van der Waals surface area contributed by atoms with Crippen LogP contribution in [0.5, 0.6) is 5.75 Å². The lowest BCUT2D eigenvalue weighted by molar-refractivity contribution is -0.117. The minimum absolute atomic E-state index is 0.0332. The van der Waals surface area contributed by atoms with Crippen LogP contribution < -0.4 is 15.8 Å². The fourth-order valence-electron chi connectivity index (χ4n) is 1.95. The second-order valence-corrected chi connectivity index (χ2v) is 5.04. The molecule has 0 saturated carbocycles. The third-order valence-electron chi connectivity index (χ3n) is 2.95. The molecule has 0 heterocycles. The predicted octanol–water partition coefficient (Wildman–Crippen LogP) is 3.11. The molecule has 2 rings (SSSR count). The number of nitrogens with one attached hydrogen (secondary N) is 1. The van der Waals surface area contributed by atoms with Gasteiger partial charge in [0.2, 0.25) is 5.91 Å². The maximum Gasteiger partial charge on any atom is 0.245 e. The van der Waals surface area contributed by atoms with E-state index in [0.717, 1.165) is 5.56 Å². The summed E-state index contributed by atoms with van der Waals surface area (Å²) in [6.45, 7) is 3.88. The Morgan fingerprint density at radius 3 is 2.33 bits per heavy atom. The van der Waals surface area contributed by atoms with Gasteiger partial charge in [-0.1, -0.05) is 42.5 Å². The fourth-order valence-corrected chi connectivity index (χ4v) is 1.95. The summed E-state index contributed by atoms with van der Waals surface area (Å²) in [4.78, 5) is 12.3. The molecule has 3 N–H and O–H groups in total. The highest BCUT2D eigenvalue weighted by Gasteiger charge is 2.17. The van der Waals surface area contributed by atoms with Crippen LogP contribution in [0.25, 0.3) is 0 Å². The number of hydrogen-bond acceptors (Lipinski definition) is 3. The highest BCUT2D eigenvalue weighted by Crippen LogP contribution is 2.25. The molecule has 21 heavy (non-hydrogen) atoms. The van der Waals surface area contributed by atoms with Crippen molar-refractivity contribution >= 4 is 11.6 Å². The van der Waals surface area contributed by atoms with Crippen LogP contribution in [0.15, 0.2) is 54.6 Å². The van der Waals surface area contributed by atoms with Crippen LogP contribution in [0.3, 0.4) is 0 Å². The van der Waals surface area contributed by atoms with Gasteiger partial charge < -0.3 is 15.8 Å². The fraction of sp³-hybridized carbons (Fsp3) is 0.235.